The molecule has 2 amide bonds. The van der Waals surface area contributed by atoms with Crippen molar-refractivity contribution in [1.29, 1.82) is 0 Å². The zero-order chi connectivity index (χ0) is 20.9. The van der Waals surface area contributed by atoms with Gasteiger partial charge in [-0.15, -0.1) is 0 Å². The number of carbonyl (C=O) groups is 2. The molecule has 1 aromatic heterocycles. The van der Waals surface area contributed by atoms with Gasteiger partial charge in [-0.2, -0.15) is 0 Å². The van der Waals surface area contributed by atoms with E-state index in [9.17, 15) is 9.59 Å². The van der Waals surface area contributed by atoms with Gasteiger partial charge in [0.15, 0.2) is 0 Å². The van der Waals surface area contributed by atoms with Crippen LogP contribution in [0.3, 0.4) is 0 Å². The molecule has 30 heavy (non-hydrogen) atoms. The van der Waals surface area contributed by atoms with Crippen molar-refractivity contribution in [3.63, 3.8) is 0 Å². The second-order valence-electron chi connectivity index (χ2n) is 7.28. The maximum Gasteiger partial charge on any atom is 0.238 e. The van der Waals surface area contributed by atoms with Crippen molar-refractivity contribution in [2.45, 2.75) is 25.2 Å². The third-order valence-corrected chi connectivity index (χ3v) is 5.09. The molecule has 2 aromatic rings. The highest BCUT2D eigenvalue weighted by atomic mass is 16.5. The number of hydrogen-bond acceptors (Lipinski definition) is 7. The van der Waals surface area contributed by atoms with E-state index in [1.165, 1.54) is 6.33 Å². The lowest BCUT2D eigenvalue weighted by atomic mass is 10.0. The van der Waals surface area contributed by atoms with Crippen LogP contribution in [0.25, 0.3) is 0 Å². The molecule has 0 aliphatic carbocycles. The van der Waals surface area contributed by atoms with Crippen molar-refractivity contribution in [1.82, 2.24) is 15.3 Å². The quantitative estimate of drug-likeness (QED) is 0.690. The lowest BCUT2D eigenvalue weighted by molar-refractivity contribution is -0.121. The fourth-order valence-corrected chi connectivity index (χ4v) is 3.49. The number of benzene rings is 1. The molecule has 0 saturated carbocycles. The van der Waals surface area contributed by atoms with Crippen molar-refractivity contribution in [2.24, 2.45) is 4.99 Å². The molecule has 0 fully saturated rings. The highest BCUT2D eigenvalue weighted by Crippen LogP contribution is 2.36. The first kappa shape index (κ1) is 19.8. The van der Waals surface area contributed by atoms with Crippen LogP contribution >= 0.6 is 0 Å². The maximum atomic E-state index is 12.6. The molecule has 1 atom stereocenters. The van der Waals surface area contributed by atoms with Gasteiger partial charge in [-0.05, 0) is 25.0 Å². The van der Waals surface area contributed by atoms with Gasteiger partial charge in [-0.1, -0.05) is 6.07 Å². The Hall–Kier alpha value is -3.49. The zero-order valence-corrected chi connectivity index (χ0v) is 16.8. The van der Waals surface area contributed by atoms with E-state index in [-0.39, 0.29) is 11.8 Å². The fraction of sp³-hybridized carbons (Fsp3) is 0.381. The number of carbonyl (C=O) groups excluding carboxylic acids is 2. The van der Waals surface area contributed by atoms with Crippen LogP contribution in [0, 0.1) is 0 Å². The van der Waals surface area contributed by atoms with Crippen molar-refractivity contribution in [3.8, 4) is 5.75 Å². The summed E-state index contributed by atoms with van der Waals surface area (Å²) in [5.41, 5.74) is 1.38. The molecule has 2 bridgehead atoms. The average Bonchev–Trinajstić information content (AvgIpc) is 3.06. The van der Waals surface area contributed by atoms with Gasteiger partial charge in [0.25, 0.3) is 0 Å². The summed E-state index contributed by atoms with van der Waals surface area (Å²) in [4.78, 5) is 39.7. The molecule has 1 aromatic carbocycles. The summed E-state index contributed by atoms with van der Waals surface area (Å²) in [5.74, 6) is 1.05. The van der Waals surface area contributed by atoms with Gasteiger partial charge in [-0.25, -0.2) is 9.97 Å². The van der Waals surface area contributed by atoms with Crippen LogP contribution in [0.15, 0.2) is 35.6 Å². The van der Waals surface area contributed by atoms with Crippen LogP contribution in [-0.2, 0) is 9.59 Å². The van der Waals surface area contributed by atoms with Crippen LogP contribution < -0.4 is 20.3 Å². The molecule has 156 valence electrons. The van der Waals surface area contributed by atoms with Gasteiger partial charge in [0.1, 0.15) is 29.6 Å². The van der Waals surface area contributed by atoms with Crippen LogP contribution in [0.5, 0.6) is 5.75 Å². The average molecular weight is 408 g/mol. The van der Waals surface area contributed by atoms with Crippen molar-refractivity contribution >= 4 is 35.4 Å². The van der Waals surface area contributed by atoms with Crippen LogP contribution in [0.4, 0.5) is 17.3 Å². The molecule has 0 saturated heterocycles. The second-order valence-corrected chi connectivity index (χ2v) is 7.28. The van der Waals surface area contributed by atoms with Gasteiger partial charge in [0, 0.05) is 38.8 Å². The van der Waals surface area contributed by atoms with E-state index in [1.807, 2.05) is 36.2 Å². The Kier molecular flexibility index (Phi) is 5.87. The molecule has 0 radical (unpaired) electrons. The Morgan fingerprint density at radius 1 is 1.20 bits per heavy atom. The number of aliphatic imine (C=N–C) groups is 1. The molecular formula is C21H24N6O3. The summed E-state index contributed by atoms with van der Waals surface area (Å²) in [7, 11) is 1.88. The Morgan fingerprint density at radius 2 is 2.10 bits per heavy atom. The summed E-state index contributed by atoms with van der Waals surface area (Å²) in [6, 6.07) is 7.41. The number of anilines is 2. The van der Waals surface area contributed by atoms with Gasteiger partial charge in [-0.3, -0.25) is 14.6 Å². The Balaban J connectivity index is 1.66. The summed E-state index contributed by atoms with van der Waals surface area (Å²) in [6.45, 7) is 1.57. The van der Waals surface area contributed by atoms with E-state index >= 15 is 0 Å². The summed E-state index contributed by atoms with van der Waals surface area (Å²) in [5, 5.41) is 5.73. The number of rotatable bonds is 0. The van der Waals surface area contributed by atoms with Gasteiger partial charge in [0.05, 0.1) is 17.9 Å². The molecule has 3 heterocycles. The lowest BCUT2D eigenvalue weighted by Gasteiger charge is -2.21. The number of nitrogens with zero attached hydrogens (tertiary/aromatic N) is 4. The first-order valence-electron chi connectivity index (χ1n) is 10.0. The topological polar surface area (TPSA) is 109 Å². The molecule has 9 heteroatoms. The number of aromatic nitrogens is 2. The first-order chi connectivity index (χ1) is 14.6. The molecule has 0 spiro atoms. The third kappa shape index (κ3) is 4.40. The van der Waals surface area contributed by atoms with Crippen molar-refractivity contribution < 1.29 is 14.3 Å². The maximum absolute atomic E-state index is 12.6. The first-order valence-corrected chi connectivity index (χ1v) is 10.0. The molecule has 1 unspecified atom stereocenters. The zero-order valence-electron chi connectivity index (χ0n) is 16.8. The standard InChI is InChI=1S/C21H24N6O3/c1-27-9-8-22-17(28)7-2-3-10-30-15-6-4-5-14(11-15)23-12-16-18-19(26-21(16)29)24-13-25-20(18)27/h4-6,11-13,16H,2-3,7-10H2,1H3,(H,22,28)(H,24,25,26,29). The van der Waals surface area contributed by atoms with Crippen molar-refractivity contribution in [2.75, 3.05) is 37.0 Å². The summed E-state index contributed by atoms with van der Waals surface area (Å²) < 4.78 is 5.77. The van der Waals surface area contributed by atoms with E-state index in [0.29, 0.717) is 54.8 Å². The number of ether oxygens (including phenoxy) is 1. The highest BCUT2D eigenvalue weighted by Gasteiger charge is 2.34. The van der Waals surface area contributed by atoms with E-state index in [0.717, 1.165) is 12.8 Å². The predicted octanol–water partition coefficient (Wildman–Crippen LogP) is 2.03. The molecule has 9 nitrogen and oxygen atoms in total. The Labute approximate surface area is 174 Å². The van der Waals surface area contributed by atoms with Crippen LogP contribution in [0.1, 0.15) is 30.7 Å². The minimum absolute atomic E-state index is 0.0151. The number of fused-ring (bicyclic) bond motifs is 2. The Morgan fingerprint density at radius 3 is 3.00 bits per heavy atom. The predicted molar refractivity (Wildman–Crippen MR) is 114 cm³/mol. The van der Waals surface area contributed by atoms with E-state index in [1.54, 1.807) is 6.21 Å². The fourth-order valence-electron chi connectivity index (χ4n) is 3.49. The number of nitrogens with one attached hydrogen (secondary N) is 2. The van der Waals surface area contributed by atoms with Crippen molar-refractivity contribution in [3.05, 3.63) is 36.2 Å². The van der Waals surface area contributed by atoms with Gasteiger partial charge >= 0.3 is 0 Å². The minimum Gasteiger partial charge on any atom is -0.494 e. The molecule has 2 N–H and O–H groups in total. The monoisotopic (exact) mass is 408 g/mol. The number of likely N-dealkylation sites (N-methyl/N-ethyl adjacent to an activating group) is 1. The van der Waals surface area contributed by atoms with E-state index < -0.39 is 5.92 Å². The Bertz CT molecular complexity index is 977. The number of hydrogen-bond donors (Lipinski definition) is 2. The third-order valence-electron chi connectivity index (χ3n) is 5.09. The second kappa shape index (κ2) is 8.89. The normalized spacial score (nSPS) is 19.8. The van der Waals surface area contributed by atoms with Crippen LogP contribution in [-0.4, -0.2) is 54.7 Å². The van der Waals surface area contributed by atoms with E-state index in [4.69, 9.17) is 4.74 Å². The lowest BCUT2D eigenvalue weighted by Crippen LogP contribution is -2.33. The highest BCUT2D eigenvalue weighted by molar-refractivity contribution is 6.13. The largest absolute Gasteiger partial charge is 0.494 e. The summed E-state index contributed by atoms with van der Waals surface area (Å²) in [6.07, 6.45) is 5.05. The molecule has 4 rings (SSSR count). The van der Waals surface area contributed by atoms with Gasteiger partial charge in [0.2, 0.25) is 11.8 Å². The van der Waals surface area contributed by atoms with Gasteiger partial charge < -0.3 is 20.3 Å². The molecule has 2 aliphatic heterocycles. The van der Waals surface area contributed by atoms with Crippen LogP contribution in [0.2, 0.25) is 0 Å². The minimum atomic E-state index is -0.600. The SMILES string of the molecule is CN1CCNC(=O)CCCCOc2cccc(c2)N=CC2C(=O)Nc3ncnc1c32. The number of amides is 2. The summed E-state index contributed by atoms with van der Waals surface area (Å²) >= 11 is 0. The molecular weight excluding hydrogens is 384 g/mol. The van der Waals surface area contributed by atoms with E-state index in [2.05, 4.69) is 25.6 Å². The smallest absolute Gasteiger partial charge is 0.238 e. The molecule has 2 aliphatic rings.